The second kappa shape index (κ2) is 8.09. The first-order valence-corrected chi connectivity index (χ1v) is 7.58. The van der Waals surface area contributed by atoms with Crippen molar-refractivity contribution in [1.29, 1.82) is 0 Å². The van der Waals surface area contributed by atoms with Gasteiger partial charge in [-0.2, -0.15) is 0 Å². The van der Waals surface area contributed by atoms with E-state index in [1.54, 1.807) is 31.5 Å². The van der Waals surface area contributed by atoms with E-state index in [4.69, 9.17) is 16.3 Å². The van der Waals surface area contributed by atoms with Crippen molar-refractivity contribution >= 4 is 23.5 Å². The summed E-state index contributed by atoms with van der Waals surface area (Å²) in [4.78, 5) is 8.31. The van der Waals surface area contributed by atoms with Gasteiger partial charge in [0.1, 0.15) is 11.6 Å². The predicted molar refractivity (Wildman–Crippen MR) is 83.0 cm³/mol. The molecule has 0 bridgehead atoms. The molecule has 1 aromatic heterocycles. The van der Waals surface area contributed by atoms with Crippen molar-refractivity contribution in [3.63, 3.8) is 0 Å². The molecule has 0 spiro atoms. The van der Waals surface area contributed by atoms with E-state index in [0.29, 0.717) is 5.02 Å². The number of nitrogens with zero attached hydrogens (tertiary/aromatic N) is 2. The zero-order valence-electron chi connectivity index (χ0n) is 11.2. The Kier molecular flexibility index (Phi) is 6.11. The van der Waals surface area contributed by atoms with Crippen molar-refractivity contribution in [1.82, 2.24) is 14.7 Å². The lowest BCUT2D eigenvalue weighted by atomic mass is 10.2. The summed E-state index contributed by atoms with van der Waals surface area (Å²) in [7, 11) is 1.67. The van der Waals surface area contributed by atoms with Crippen molar-refractivity contribution in [3.8, 4) is 5.75 Å². The molecule has 0 saturated heterocycles. The van der Waals surface area contributed by atoms with Gasteiger partial charge >= 0.3 is 0 Å². The summed E-state index contributed by atoms with van der Waals surface area (Å²) in [5.74, 6) is 2.60. The van der Waals surface area contributed by atoms with Gasteiger partial charge in [0.05, 0.1) is 12.1 Å². The van der Waals surface area contributed by atoms with Crippen molar-refractivity contribution in [2.24, 2.45) is 0 Å². The summed E-state index contributed by atoms with van der Waals surface area (Å²) < 4.78 is 8.44. The van der Waals surface area contributed by atoms with Crippen LogP contribution in [0.3, 0.4) is 0 Å². The number of benzene rings is 1. The number of hydrogen-bond acceptors (Lipinski definition) is 5. The van der Waals surface area contributed by atoms with Crippen molar-refractivity contribution in [2.45, 2.75) is 13.0 Å². The predicted octanol–water partition coefficient (Wildman–Crippen LogP) is 3.12. The van der Waals surface area contributed by atoms with Crippen LogP contribution in [0.1, 0.15) is 11.4 Å². The first-order valence-electron chi connectivity index (χ1n) is 6.22. The number of rotatable bonds is 7. The third-order valence-electron chi connectivity index (χ3n) is 2.64. The quantitative estimate of drug-likeness (QED) is 0.629. The summed E-state index contributed by atoms with van der Waals surface area (Å²) in [5, 5.41) is 0.569. The van der Waals surface area contributed by atoms with Crippen LogP contribution in [0, 0.1) is 0 Å². The lowest BCUT2D eigenvalue weighted by Gasteiger charge is -2.05. The molecule has 2 rings (SSSR count). The minimum atomic E-state index is 0.569. The van der Waals surface area contributed by atoms with Crippen LogP contribution in [0.5, 0.6) is 5.75 Å². The molecule has 106 valence electrons. The zero-order valence-corrected chi connectivity index (χ0v) is 12.7. The summed E-state index contributed by atoms with van der Waals surface area (Å²) in [6.07, 6.45) is 4.07. The van der Waals surface area contributed by atoms with Crippen molar-refractivity contribution in [2.75, 3.05) is 12.9 Å². The molecule has 20 heavy (non-hydrogen) atoms. The Morgan fingerprint density at radius 1 is 1.20 bits per heavy atom. The molecule has 0 atom stereocenters. The number of hydrogen-bond donors (Lipinski definition) is 1. The smallest absolute Gasteiger partial charge is 0.129 e. The maximum absolute atomic E-state index is 5.73. The Hall–Kier alpha value is -1.30. The number of halogens is 1. The zero-order chi connectivity index (χ0) is 14.2. The summed E-state index contributed by atoms with van der Waals surface area (Å²) in [6, 6.07) is 8.02. The van der Waals surface area contributed by atoms with Crippen molar-refractivity contribution in [3.05, 3.63) is 53.1 Å². The average molecular weight is 310 g/mol. The molecule has 0 aliphatic rings. The summed E-state index contributed by atoms with van der Waals surface area (Å²) >= 11 is 7.40. The number of ether oxygens (including phenoxy) is 1. The molecule has 1 heterocycles. The first kappa shape index (κ1) is 15.1. The van der Waals surface area contributed by atoms with Crippen LogP contribution >= 0.6 is 23.5 Å². The molecule has 0 amide bonds. The number of nitrogens with one attached hydrogen (secondary N) is 1. The van der Waals surface area contributed by atoms with E-state index >= 15 is 0 Å². The molecule has 0 aliphatic carbocycles. The molecule has 2 aromatic rings. The maximum atomic E-state index is 5.73. The maximum Gasteiger partial charge on any atom is 0.129 e. The lowest BCUT2D eigenvalue weighted by molar-refractivity contribution is 0.414. The highest BCUT2D eigenvalue weighted by atomic mass is 35.5. The van der Waals surface area contributed by atoms with Gasteiger partial charge in [-0.05, 0) is 17.7 Å². The topological polar surface area (TPSA) is 47.0 Å². The van der Waals surface area contributed by atoms with Gasteiger partial charge in [0.25, 0.3) is 0 Å². The fraction of sp³-hybridized carbons (Fsp3) is 0.286. The highest BCUT2D eigenvalue weighted by Gasteiger charge is 1.98. The van der Waals surface area contributed by atoms with E-state index < -0.39 is 0 Å². The Balaban J connectivity index is 1.64. The minimum absolute atomic E-state index is 0.569. The number of methoxy groups -OCH3 is 1. The van der Waals surface area contributed by atoms with E-state index in [1.165, 1.54) is 5.56 Å². The summed E-state index contributed by atoms with van der Waals surface area (Å²) in [6.45, 7) is 0.816. The van der Waals surface area contributed by atoms with Gasteiger partial charge in [-0.1, -0.05) is 35.7 Å². The van der Waals surface area contributed by atoms with Crippen LogP contribution in [0.25, 0.3) is 0 Å². The standard InChI is InChI=1S/C14H16ClN3OS/c1-19-13-4-2-11(3-5-13)8-18-20-7-6-14-16-9-12(15)10-17-14/h2-5,9-10,18H,6-8H2,1H3. The van der Waals surface area contributed by atoms with E-state index in [0.717, 1.165) is 30.3 Å². The first-order chi connectivity index (χ1) is 9.78. The second-order valence-corrected chi connectivity index (χ2v) is 5.51. The van der Waals surface area contributed by atoms with Gasteiger partial charge < -0.3 is 4.74 Å². The third kappa shape index (κ3) is 5.00. The van der Waals surface area contributed by atoms with Crippen LogP contribution in [0.4, 0.5) is 0 Å². The SMILES string of the molecule is COc1ccc(CNSCCc2ncc(Cl)cn2)cc1. The van der Waals surface area contributed by atoms with Crippen LogP contribution in [0.2, 0.25) is 5.02 Å². The van der Waals surface area contributed by atoms with Gasteiger partial charge in [-0.25, -0.2) is 9.97 Å². The molecular formula is C14H16ClN3OS. The van der Waals surface area contributed by atoms with E-state index in [-0.39, 0.29) is 0 Å². The largest absolute Gasteiger partial charge is 0.497 e. The van der Waals surface area contributed by atoms with Crippen LogP contribution in [0.15, 0.2) is 36.7 Å². The Morgan fingerprint density at radius 2 is 1.90 bits per heavy atom. The molecular weight excluding hydrogens is 294 g/mol. The molecule has 0 aliphatic heterocycles. The minimum Gasteiger partial charge on any atom is -0.497 e. The average Bonchev–Trinajstić information content (AvgIpc) is 2.49. The molecule has 0 fully saturated rings. The van der Waals surface area contributed by atoms with Gasteiger partial charge in [-0.15, -0.1) is 0 Å². The molecule has 0 unspecified atom stereocenters. The van der Waals surface area contributed by atoms with Crippen molar-refractivity contribution < 1.29 is 4.74 Å². The van der Waals surface area contributed by atoms with Crippen LogP contribution < -0.4 is 9.46 Å². The fourth-order valence-corrected chi connectivity index (χ4v) is 2.36. The van der Waals surface area contributed by atoms with Gasteiger partial charge in [0, 0.05) is 31.1 Å². The highest BCUT2D eigenvalue weighted by Crippen LogP contribution is 2.12. The molecule has 0 saturated carbocycles. The van der Waals surface area contributed by atoms with Gasteiger partial charge in [0.2, 0.25) is 0 Å². The molecule has 1 N–H and O–H groups in total. The molecule has 4 nitrogen and oxygen atoms in total. The Labute approximate surface area is 128 Å². The second-order valence-electron chi connectivity index (χ2n) is 4.09. The van der Waals surface area contributed by atoms with Gasteiger partial charge in [-0.3, -0.25) is 4.72 Å². The highest BCUT2D eigenvalue weighted by molar-refractivity contribution is 7.97. The molecule has 6 heteroatoms. The van der Waals surface area contributed by atoms with Crippen LogP contribution in [-0.2, 0) is 13.0 Å². The molecule has 0 radical (unpaired) electrons. The third-order valence-corrected chi connectivity index (χ3v) is 3.59. The van der Waals surface area contributed by atoms with E-state index in [9.17, 15) is 0 Å². The number of aromatic nitrogens is 2. The van der Waals surface area contributed by atoms with E-state index in [1.807, 2.05) is 12.1 Å². The van der Waals surface area contributed by atoms with Crippen LogP contribution in [-0.4, -0.2) is 22.8 Å². The Bertz CT molecular complexity index is 519. The number of aryl methyl sites for hydroxylation is 1. The van der Waals surface area contributed by atoms with Gasteiger partial charge in [0.15, 0.2) is 0 Å². The fourth-order valence-electron chi connectivity index (χ4n) is 1.56. The lowest BCUT2D eigenvalue weighted by Crippen LogP contribution is -2.06. The van der Waals surface area contributed by atoms with E-state index in [2.05, 4.69) is 26.8 Å². The molecule has 1 aromatic carbocycles. The monoisotopic (exact) mass is 309 g/mol. The Morgan fingerprint density at radius 3 is 2.55 bits per heavy atom. The normalized spacial score (nSPS) is 10.5. The summed E-state index contributed by atoms with van der Waals surface area (Å²) in [5.41, 5.74) is 1.22.